The van der Waals surface area contributed by atoms with E-state index in [1.165, 1.54) is 6.07 Å². The molecule has 7 nitrogen and oxygen atoms in total. The second kappa shape index (κ2) is 10.4. The summed E-state index contributed by atoms with van der Waals surface area (Å²) in [7, 11) is 1.73. The van der Waals surface area contributed by atoms with Crippen molar-refractivity contribution in [2.45, 2.75) is 19.1 Å². The Labute approximate surface area is 207 Å². The summed E-state index contributed by atoms with van der Waals surface area (Å²) in [4.78, 5) is 15.9. The minimum Gasteiger partial charge on any atom is -0.475 e. The molecule has 0 amide bonds. The van der Waals surface area contributed by atoms with Crippen LogP contribution in [0.4, 0.5) is 17.6 Å². The summed E-state index contributed by atoms with van der Waals surface area (Å²) >= 11 is 5.62. The van der Waals surface area contributed by atoms with Gasteiger partial charge in [-0.1, -0.05) is 23.7 Å². The van der Waals surface area contributed by atoms with E-state index in [0.717, 1.165) is 34.0 Å². The molecule has 0 aliphatic rings. The molecule has 0 saturated heterocycles. The highest BCUT2D eigenvalue weighted by Crippen LogP contribution is 2.37. The van der Waals surface area contributed by atoms with Crippen LogP contribution < -0.4 is 15.2 Å². The number of rotatable bonds is 8. The fourth-order valence-corrected chi connectivity index (χ4v) is 3.55. The van der Waals surface area contributed by atoms with Gasteiger partial charge in [-0.3, -0.25) is 9.25 Å². The second-order valence-electron chi connectivity index (χ2n) is 7.81. The number of halogens is 5. The Morgan fingerprint density at radius 2 is 1.75 bits per heavy atom. The van der Waals surface area contributed by atoms with Gasteiger partial charge < -0.3 is 9.47 Å². The molecular formula is C24H19ClF4N4O3. The van der Waals surface area contributed by atoms with Crippen molar-refractivity contribution in [3.63, 3.8) is 0 Å². The van der Waals surface area contributed by atoms with Gasteiger partial charge in [-0.2, -0.15) is 27.6 Å². The molecule has 0 bridgehead atoms. The number of hydrogen-bond donors (Lipinski definition) is 0. The highest BCUT2D eigenvalue weighted by Gasteiger charge is 2.33. The molecule has 4 rings (SSSR count). The van der Waals surface area contributed by atoms with Crippen LogP contribution in [0.5, 0.6) is 17.4 Å². The smallest absolute Gasteiger partial charge is 0.417 e. The topological polar surface area (TPSA) is 71.2 Å². The maximum absolute atomic E-state index is 14.4. The first kappa shape index (κ1) is 25.2. The molecule has 0 fully saturated rings. The molecule has 2 aromatic heterocycles. The van der Waals surface area contributed by atoms with Crippen LogP contribution >= 0.6 is 11.6 Å². The number of nitrogens with zero attached hydrogens (tertiary/aromatic N) is 4. The van der Waals surface area contributed by atoms with Gasteiger partial charge in [0, 0.05) is 25.2 Å². The molecule has 0 aliphatic heterocycles. The third-order valence-corrected chi connectivity index (χ3v) is 5.39. The predicted octanol–water partition coefficient (Wildman–Crippen LogP) is 5.25. The molecule has 2 aromatic carbocycles. The standard InChI is InChI=1S/C24H19ClF4N4O3/c1-32-12-16(11-30-32)13-33-14-21(26)22(31-23(33)34)35-9-8-15-2-4-17(5-3-15)36-18-6-7-20(25)19(10-18)24(27,28)29/h2-7,10-12,14H,8-9,13H2,1H3. The number of benzene rings is 2. The Kier molecular flexibility index (Phi) is 7.30. The van der Waals surface area contributed by atoms with Crippen molar-refractivity contribution < 1.29 is 27.0 Å². The van der Waals surface area contributed by atoms with Crippen molar-refractivity contribution in [1.29, 1.82) is 0 Å². The summed E-state index contributed by atoms with van der Waals surface area (Å²) in [5, 5.41) is 3.59. The quantitative estimate of drug-likeness (QED) is 0.296. The van der Waals surface area contributed by atoms with E-state index >= 15 is 0 Å². The maximum atomic E-state index is 14.4. The molecular weight excluding hydrogens is 504 g/mol. The van der Waals surface area contributed by atoms with Crippen molar-refractivity contribution in [1.82, 2.24) is 19.3 Å². The average Bonchev–Trinajstić information content (AvgIpc) is 3.23. The lowest BCUT2D eigenvalue weighted by molar-refractivity contribution is -0.137. The lowest BCUT2D eigenvalue weighted by atomic mass is 10.1. The maximum Gasteiger partial charge on any atom is 0.417 e. The number of hydrogen-bond acceptors (Lipinski definition) is 5. The van der Waals surface area contributed by atoms with E-state index < -0.39 is 34.1 Å². The van der Waals surface area contributed by atoms with Gasteiger partial charge in [-0.05, 0) is 35.9 Å². The Morgan fingerprint density at radius 1 is 1.03 bits per heavy atom. The fraction of sp³-hybridized carbons (Fsp3) is 0.208. The van der Waals surface area contributed by atoms with Gasteiger partial charge in [0.25, 0.3) is 5.88 Å². The Morgan fingerprint density at radius 3 is 2.42 bits per heavy atom. The van der Waals surface area contributed by atoms with E-state index in [0.29, 0.717) is 12.2 Å². The summed E-state index contributed by atoms with van der Waals surface area (Å²) in [5.74, 6) is -0.864. The molecule has 0 N–H and O–H groups in total. The lowest BCUT2D eigenvalue weighted by Gasteiger charge is -2.12. The van der Waals surface area contributed by atoms with Crippen LogP contribution in [0, 0.1) is 5.82 Å². The first-order valence-corrected chi connectivity index (χ1v) is 11.0. The first-order valence-electron chi connectivity index (χ1n) is 10.6. The Hall–Kier alpha value is -3.86. The molecule has 4 aromatic rings. The lowest BCUT2D eigenvalue weighted by Crippen LogP contribution is -2.24. The van der Waals surface area contributed by atoms with E-state index in [2.05, 4.69) is 10.1 Å². The Balaban J connectivity index is 1.34. The summed E-state index contributed by atoms with van der Waals surface area (Å²) in [5.41, 5.74) is -0.132. The molecule has 0 saturated carbocycles. The third kappa shape index (κ3) is 6.22. The van der Waals surface area contributed by atoms with Crippen molar-refractivity contribution in [3.8, 4) is 17.4 Å². The van der Waals surface area contributed by atoms with Crippen LogP contribution in [0.1, 0.15) is 16.7 Å². The second-order valence-corrected chi connectivity index (χ2v) is 8.22. The first-order chi connectivity index (χ1) is 17.1. The van der Waals surface area contributed by atoms with Crippen LogP contribution in [0.2, 0.25) is 5.02 Å². The minimum absolute atomic E-state index is 0.0115. The van der Waals surface area contributed by atoms with Gasteiger partial charge in [0.1, 0.15) is 11.5 Å². The molecule has 0 unspecified atom stereocenters. The summed E-state index contributed by atoms with van der Waals surface area (Å²) in [6.07, 6.45) is 0.0740. The summed E-state index contributed by atoms with van der Waals surface area (Å²) in [6, 6.07) is 9.83. The number of ether oxygens (including phenoxy) is 2. The van der Waals surface area contributed by atoms with Gasteiger partial charge in [-0.15, -0.1) is 0 Å². The van der Waals surface area contributed by atoms with Crippen LogP contribution in [0.25, 0.3) is 0 Å². The van der Waals surface area contributed by atoms with E-state index in [4.69, 9.17) is 21.1 Å². The van der Waals surface area contributed by atoms with Crippen molar-refractivity contribution >= 4 is 11.6 Å². The minimum atomic E-state index is -4.60. The number of aromatic nitrogens is 4. The van der Waals surface area contributed by atoms with E-state index in [-0.39, 0.29) is 18.9 Å². The molecule has 0 radical (unpaired) electrons. The van der Waals surface area contributed by atoms with Gasteiger partial charge in [-0.25, -0.2) is 4.79 Å². The summed E-state index contributed by atoms with van der Waals surface area (Å²) < 4.78 is 67.0. The fourth-order valence-electron chi connectivity index (χ4n) is 3.33. The molecule has 36 heavy (non-hydrogen) atoms. The zero-order valence-corrected chi connectivity index (χ0v) is 19.6. The molecule has 0 aliphatic carbocycles. The average molecular weight is 523 g/mol. The van der Waals surface area contributed by atoms with Crippen LogP contribution in [0.3, 0.4) is 0 Å². The van der Waals surface area contributed by atoms with E-state index in [1.54, 1.807) is 48.4 Å². The third-order valence-electron chi connectivity index (χ3n) is 5.06. The SMILES string of the molecule is Cn1cc(Cn2cc(F)c(OCCc3ccc(Oc4ccc(Cl)c(C(F)(F)F)c4)cc3)nc2=O)cn1. The Bertz CT molecular complexity index is 1420. The number of aryl methyl sites for hydroxylation is 1. The van der Waals surface area contributed by atoms with Gasteiger partial charge in [0.15, 0.2) is 0 Å². The zero-order chi connectivity index (χ0) is 25.9. The van der Waals surface area contributed by atoms with Crippen LogP contribution in [-0.4, -0.2) is 25.9 Å². The molecule has 0 spiro atoms. The largest absolute Gasteiger partial charge is 0.475 e. The normalized spacial score (nSPS) is 11.5. The monoisotopic (exact) mass is 522 g/mol. The molecule has 12 heteroatoms. The van der Waals surface area contributed by atoms with Crippen molar-refractivity contribution in [3.05, 3.63) is 99.1 Å². The number of alkyl halides is 3. The van der Waals surface area contributed by atoms with Gasteiger partial charge in [0.05, 0.1) is 36.1 Å². The highest BCUT2D eigenvalue weighted by atomic mass is 35.5. The van der Waals surface area contributed by atoms with Crippen LogP contribution in [-0.2, 0) is 26.2 Å². The molecule has 188 valence electrons. The van der Waals surface area contributed by atoms with Crippen molar-refractivity contribution in [2.75, 3.05) is 6.61 Å². The van der Waals surface area contributed by atoms with Crippen molar-refractivity contribution in [2.24, 2.45) is 7.05 Å². The van der Waals surface area contributed by atoms with Gasteiger partial charge in [0.2, 0.25) is 5.82 Å². The van der Waals surface area contributed by atoms with E-state index in [9.17, 15) is 22.4 Å². The van der Waals surface area contributed by atoms with Gasteiger partial charge >= 0.3 is 11.9 Å². The van der Waals surface area contributed by atoms with Crippen LogP contribution in [0.15, 0.2) is 65.8 Å². The predicted molar refractivity (Wildman–Crippen MR) is 123 cm³/mol. The molecule has 0 atom stereocenters. The zero-order valence-electron chi connectivity index (χ0n) is 18.8. The van der Waals surface area contributed by atoms with E-state index in [1.807, 2.05) is 0 Å². The molecule has 2 heterocycles. The summed E-state index contributed by atoms with van der Waals surface area (Å²) in [6.45, 7) is 0.168. The highest BCUT2D eigenvalue weighted by molar-refractivity contribution is 6.31.